The molecule has 0 rings (SSSR count). The molecule has 0 fully saturated rings. The van der Waals surface area contributed by atoms with E-state index in [-0.39, 0.29) is 5.97 Å². The van der Waals surface area contributed by atoms with Gasteiger partial charge < -0.3 is 4.74 Å². The number of hydrogen-bond acceptors (Lipinski definition) is 2. The first-order valence-electron chi connectivity index (χ1n) is 7.99. The lowest BCUT2D eigenvalue weighted by Gasteiger charge is -2.10. The highest BCUT2D eigenvalue weighted by molar-refractivity contribution is 5.81. The highest BCUT2D eigenvalue weighted by Crippen LogP contribution is 2.17. The van der Waals surface area contributed by atoms with E-state index in [1.165, 1.54) is 57.4 Å². The van der Waals surface area contributed by atoms with Gasteiger partial charge in [-0.1, -0.05) is 78.2 Å². The van der Waals surface area contributed by atoms with Crippen molar-refractivity contribution in [2.24, 2.45) is 5.92 Å². The summed E-state index contributed by atoms with van der Waals surface area (Å²) in [7, 11) is 0. The Hall–Kier alpha value is -0.790. The van der Waals surface area contributed by atoms with Gasteiger partial charge in [-0.25, -0.2) is 4.79 Å². The number of hydrogen-bond donors (Lipinski definition) is 0. The molecule has 0 aromatic carbocycles. The fraction of sp³-hybridized carbons (Fsp3) is 0.824. The summed E-state index contributed by atoms with van der Waals surface area (Å²) < 4.78 is 4.94. The van der Waals surface area contributed by atoms with Gasteiger partial charge >= 0.3 is 5.97 Å². The molecule has 112 valence electrons. The van der Waals surface area contributed by atoms with E-state index < -0.39 is 0 Å². The Kier molecular flexibility index (Phi) is 13.1. The van der Waals surface area contributed by atoms with Gasteiger partial charge in [0.2, 0.25) is 0 Å². The average Bonchev–Trinajstić information content (AvgIpc) is 2.42. The zero-order valence-electron chi connectivity index (χ0n) is 13.0. The van der Waals surface area contributed by atoms with Crippen LogP contribution in [0.4, 0.5) is 0 Å². The number of carbonyl (C=O) groups excluding carboxylic acids is 1. The predicted molar refractivity (Wildman–Crippen MR) is 82.2 cm³/mol. The first-order chi connectivity index (χ1) is 9.20. The molecule has 0 amide bonds. The molecule has 0 saturated heterocycles. The lowest BCUT2D eigenvalue weighted by molar-refractivity contribution is -0.137. The van der Waals surface area contributed by atoms with Crippen LogP contribution in [-0.2, 0) is 9.53 Å². The molecule has 0 radical (unpaired) electrons. The number of ether oxygens (including phenoxy) is 1. The highest BCUT2D eigenvalue weighted by Gasteiger charge is 2.02. The SMILES string of the molecule is C=CC(=O)OCCCCCCC(C)CCCCCC. The van der Waals surface area contributed by atoms with Crippen LogP contribution in [0.15, 0.2) is 12.7 Å². The second-order valence-corrected chi connectivity index (χ2v) is 5.53. The van der Waals surface area contributed by atoms with Gasteiger partial charge in [-0.15, -0.1) is 0 Å². The van der Waals surface area contributed by atoms with Crippen molar-refractivity contribution < 1.29 is 9.53 Å². The van der Waals surface area contributed by atoms with Crippen LogP contribution in [-0.4, -0.2) is 12.6 Å². The summed E-state index contributed by atoms with van der Waals surface area (Å²) >= 11 is 0. The summed E-state index contributed by atoms with van der Waals surface area (Å²) in [5, 5.41) is 0. The van der Waals surface area contributed by atoms with E-state index in [2.05, 4.69) is 20.4 Å². The smallest absolute Gasteiger partial charge is 0.330 e. The molecule has 0 bridgehead atoms. The van der Waals surface area contributed by atoms with Crippen molar-refractivity contribution in [3.05, 3.63) is 12.7 Å². The van der Waals surface area contributed by atoms with Crippen molar-refractivity contribution in [2.45, 2.75) is 78.1 Å². The molecule has 0 aliphatic rings. The molecule has 0 aliphatic heterocycles. The van der Waals surface area contributed by atoms with E-state index in [0.717, 1.165) is 18.8 Å². The van der Waals surface area contributed by atoms with Crippen molar-refractivity contribution >= 4 is 5.97 Å². The van der Waals surface area contributed by atoms with E-state index in [9.17, 15) is 4.79 Å². The van der Waals surface area contributed by atoms with Gasteiger partial charge in [0.25, 0.3) is 0 Å². The zero-order valence-corrected chi connectivity index (χ0v) is 13.0. The first kappa shape index (κ1) is 18.2. The predicted octanol–water partition coefficient (Wildman–Crippen LogP) is 5.27. The molecule has 0 aliphatic carbocycles. The molecular weight excluding hydrogens is 236 g/mol. The molecule has 2 nitrogen and oxygen atoms in total. The second-order valence-electron chi connectivity index (χ2n) is 5.53. The van der Waals surface area contributed by atoms with Crippen molar-refractivity contribution in [3.63, 3.8) is 0 Å². The number of unbranched alkanes of at least 4 members (excludes halogenated alkanes) is 6. The molecule has 0 aromatic heterocycles. The molecule has 0 aromatic rings. The van der Waals surface area contributed by atoms with Crippen molar-refractivity contribution in [1.29, 1.82) is 0 Å². The maximum absolute atomic E-state index is 10.8. The lowest BCUT2D eigenvalue weighted by atomic mass is 9.96. The zero-order chi connectivity index (χ0) is 14.3. The van der Waals surface area contributed by atoms with Crippen LogP contribution >= 0.6 is 0 Å². The van der Waals surface area contributed by atoms with Gasteiger partial charge in [-0.3, -0.25) is 0 Å². The quantitative estimate of drug-likeness (QED) is 0.258. The van der Waals surface area contributed by atoms with Crippen LogP contribution in [0.5, 0.6) is 0 Å². The average molecular weight is 268 g/mol. The normalized spacial score (nSPS) is 12.1. The standard InChI is InChI=1S/C17H32O2/c1-4-6-7-10-13-16(3)14-11-8-9-12-15-19-17(18)5-2/h5,16H,2,4,6-15H2,1,3H3. The Balaban J connectivity index is 3.20. The fourth-order valence-electron chi connectivity index (χ4n) is 2.24. The molecule has 0 N–H and O–H groups in total. The lowest BCUT2D eigenvalue weighted by Crippen LogP contribution is -2.01. The van der Waals surface area contributed by atoms with Crippen molar-refractivity contribution in [2.75, 3.05) is 6.61 Å². The Labute approximate surface area is 119 Å². The molecule has 0 spiro atoms. The monoisotopic (exact) mass is 268 g/mol. The molecule has 0 saturated carbocycles. The van der Waals surface area contributed by atoms with Crippen molar-refractivity contribution in [3.8, 4) is 0 Å². The van der Waals surface area contributed by atoms with Crippen molar-refractivity contribution in [1.82, 2.24) is 0 Å². The fourth-order valence-corrected chi connectivity index (χ4v) is 2.24. The van der Waals surface area contributed by atoms with Gasteiger partial charge in [0.15, 0.2) is 0 Å². The minimum Gasteiger partial charge on any atom is -0.463 e. The second kappa shape index (κ2) is 13.6. The number of esters is 1. The van der Waals surface area contributed by atoms with Crippen LogP contribution < -0.4 is 0 Å². The Morgan fingerprint density at radius 1 is 1.05 bits per heavy atom. The largest absolute Gasteiger partial charge is 0.463 e. The van der Waals surface area contributed by atoms with Crippen LogP contribution in [0.1, 0.15) is 78.1 Å². The van der Waals surface area contributed by atoms with Gasteiger partial charge in [0.1, 0.15) is 0 Å². The Morgan fingerprint density at radius 3 is 2.21 bits per heavy atom. The van der Waals surface area contributed by atoms with E-state index >= 15 is 0 Å². The van der Waals surface area contributed by atoms with Crippen LogP contribution in [0.3, 0.4) is 0 Å². The third-order valence-corrected chi connectivity index (χ3v) is 3.55. The molecular formula is C17H32O2. The summed E-state index contributed by atoms with van der Waals surface area (Å²) in [5.41, 5.74) is 0. The van der Waals surface area contributed by atoms with Crippen LogP contribution in [0, 0.1) is 5.92 Å². The summed E-state index contributed by atoms with van der Waals surface area (Å²) in [5.74, 6) is 0.566. The summed E-state index contributed by atoms with van der Waals surface area (Å²) in [6, 6.07) is 0. The van der Waals surface area contributed by atoms with E-state index in [0.29, 0.717) is 6.61 Å². The van der Waals surface area contributed by atoms with E-state index in [1.807, 2.05) is 0 Å². The maximum atomic E-state index is 10.8. The minimum absolute atomic E-state index is 0.305. The molecule has 19 heavy (non-hydrogen) atoms. The summed E-state index contributed by atoms with van der Waals surface area (Å²) in [6.07, 6.45) is 14.2. The Morgan fingerprint density at radius 2 is 1.63 bits per heavy atom. The summed E-state index contributed by atoms with van der Waals surface area (Å²) in [4.78, 5) is 10.8. The topological polar surface area (TPSA) is 26.3 Å². The minimum atomic E-state index is -0.305. The molecule has 1 unspecified atom stereocenters. The number of rotatable bonds is 13. The third kappa shape index (κ3) is 13.4. The molecule has 1 atom stereocenters. The molecule has 0 heterocycles. The maximum Gasteiger partial charge on any atom is 0.330 e. The third-order valence-electron chi connectivity index (χ3n) is 3.55. The van der Waals surface area contributed by atoms with Gasteiger partial charge in [0, 0.05) is 6.08 Å². The Bertz CT molecular complexity index is 223. The van der Waals surface area contributed by atoms with E-state index in [4.69, 9.17) is 4.74 Å². The van der Waals surface area contributed by atoms with Crippen LogP contribution in [0.2, 0.25) is 0 Å². The highest BCUT2D eigenvalue weighted by atomic mass is 16.5. The molecule has 2 heteroatoms. The van der Waals surface area contributed by atoms with Gasteiger partial charge in [-0.05, 0) is 12.3 Å². The van der Waals surface area contributed by atoms with Gasteiger partial charge in [0.05, 0.1) is 6.61 Å². The summed E-state index contributed by atoms with van der Waals surface area (Å²) in [6.45, 7) is 8.54. The van der Waals surface area contributed by atoms with Gasteiger partial charge in [-0.2, -0.15) is 0 Å². The van der Waals surface area contributed by atoms with E-state index in [1.54, 1.807) is 0 Å². The number of carbonyl (C=O) groups is 1. The van der Waals surface area contributed by atoms with Crippen LogP contribution in [0.25, 0.3) is 0 Å². The first-order valence-corrected chi connectivity index (χ1v) is 7.99.